The number of benzene rings is 1. The minimum atomic E-state index is 0.137. The Kier molecular flexibility index (Phi) is 6.81. The van der Waals surface area contributed by atoms with E-state index in [2.05, 4.69) is 60.6 Å². The van der Waals surface area contributed by atoms with Crippen LogP contribution in [0.25, 0.3) is 0 Å². The highest BCUT2D eigenvalue weighted by molar-refractivity contribution is 5.78. The number of likely N-dealkylation sites (N-methyl/N-ethyl adjacent to an activating group) is 1. The van der Waals surface area contributed by atoms with Crippen LogP contribution in [0.4, 0.5) is 0 Å². The lowest BCUT2D eigenvalue weighted by Gasteiger charge is -2.31. The Morgan fingerprint density at radius 2 is 1.96 bits per heavy atom. The van der Waals surface area contributed by atoms with Gasteiger partial charge in [0.25, 0.3) is 0 Å². The van der Waals surface area contributed by atoms with Crippen LogP contribution in [-0.4, -0.2) is 50.1 Å². The molecule has 1 aliphatic heterocycles. The summed E-state index contributed by atoms with van der Waals surface area (Å²) in [4.78, 5) is 14.4. The number of likely N-dealkylation sites (tertiary alicyclic amines) is 1. The molecular weight excluding hydrogens is 298 g/mol. The van der Waals surface area contributed by atoms with Crippen molar-refractivity contribution in [2.75, 3.05) is 33.2 Å². The number of carbonyl (C=O) groups is 1. The van der Waals surface area contributed by atoms with Gasteiger partial charge in [-0.2, -0.15) is 0 Å². The second kappa shape index (κ2) is 8.63. The lowest BCUT2D eigenvalue weighted by atomic mass is 9.86. The van der Waals surface area contributed by atoms with Gasteiger partial charge < -0.3 is 10.6 Å². The topological polar surface area (TPSA) is 44.4 Å². The molecule has 4 nitrogen and oxygen atoms in total. The van der Waals surface area contributed by atoms with Crippen LogP contribution in [0.15, 0.2) is 24.3 Å². The van der Waals surface area contributed by atoms with Gasteiger partial charge in [0.15, 0.2) is 0 Å². The first-order valence-corrected chi connectivity index (χ1v) is 9.14. The summed E-state index contributed by atoms with van der Waals surface area (Å²) in [6.07, 6.45) is 3.26. The van der Waals surface area contributed by atoms with Gasteiger partial charge in [0.1, 0.15) is 0 Å². The van der Waals surface area contributed by atoms with Crippen molar-refractivity contribution in [3.8, 4) is 0 Å². The lowest BCUT2D eigenvalue weighted by Crippen LogP contribution is -2.48. The molecule has 4 heteroatoms. The molecule has 0 aromatic heterocycles. The monoisotopic (exact) mass is 331 g/mol. The summed E-state index contributed by atoms with van der Waals surface area (Å²) in [5.41, 5.74) is 2.81. The lowest BCUT2D eigenvalue weighted by molar-refractivity contribution is -0.122. The van der Waals surface area contributed by atoms with Crippen molar-refractivity contribution in [3.05, 3.63) is 35.4 Å². The van der Waals surface area contributed by atoms with E-state index in [0.29, 0.717) is 19.1 Å². The largest absolute Gasteiger partial charge is 0.355 e. The maximum atomic E-state index is 12.1. The highest BCUT2D eigenvalue weighted by atomic mass is 16.2. The highest BCUT2D eigenvalue weighted by Crippen LogP contribution is 2.22. The minimum Gasteiger partial charge on any atom is -0.355 e. The van der Waals surface area contributed by atoms with Crippen molar-refractivity contribution in [2.45, 2.75) is 51.5 Å². The van der Waals surface area contributed by atoms with Crippen molar-refractivity contribution in [2.24, 2.45) is 0 Å². The third kappa shape index (κ3) is 5.91. The van der Waals surface area contributed by atoms with E-state index in [1.807, 2.05) is 7.05 Å². The van der Waals surface area contributed by atoms with E-state index in [4.69, 9.17) is 0 Å². The van der Waals surface area contributed by atoms with Crippen LogP contribution in [0.5, 0.6) is 0 Å². The number of hydrogen-bond acceptors (Lipinski definition) is 3. The molecule has 0 bridgehead atoms. The van der Waals surface area contributed by atoms with Crippen LogP contribution in [0.2, 0.25) is 0 Å². The minimum absolute atomic E-state index is 0.137. The van der Waals surface area contributed by atoms with E-state index in [1.165, 1.54) is 24.0 Å². The fourth-order valence-corrected chi connectivity index (χ4v) is 3.21. The predicted molar refractivity (Wildman–Crippen MR) is 100 cm³/mol. The summed E-state index contributed by atoms with van der Waals surface area (Å²) in [7, 11) is 2.00. The van der Waals surface area contributed by atoms with E-state index < -0.39 is 0 Å². The van der Waals surface area contributed by atoms with Gasteiger partial charge in [-0.05, 0) is 49.4 Å². The van der Waals surface area contributed by atoms with Crippen LogP contribution < -0.4 is 10.6 Å². The smallest absolute Gasteiger partial charge is 0.234 e. The van der Waals surface area contributed by atoms with Crippen LogP contribution in [0.3, 0.4) is 0 Å². The Hall–Kier alpha value is -1.39. The first kappa shape index (κ1) is 18.9. The van der Waals surface area contributed by atoms with Crippen LogP contribution >= 0.6 is 0 Å². The molecule has 1 atom stereocenters. The van der Waals surface area contributed by atoms with Gasteiger partial charge in [-0.25, -0.2) is 0 Å². The molecule has 1 aromatic carbocycles. The average Bonchev–Trinajstić information content (AvgIpc) is 2.54. The van der Waals surface area contributed by atoms with Crippen molar-refractivity contribution < 1.29 is 4.79 Å². The number of nitrogens with one attached hydrogen (secondary N) is 2. The first-order chi connectivity index (χ1) is 11.4. The Balaban J connectivity index is 1.70. The van der Waals surface area contributed by atoms with E-state index in [1.54, 1.807) is 0 Å². The maximum absolute atomic E-state index is 12.1. The number of piperidine rings is 1. The van der Waals surface area contributed by atoms with Crippen LogP contribution in [0, 0.1) is 0 Å². The fraction of sp³-hybridized carbons (Fsp3) is 0.650. The third-order valence-corrected chi connectivity index (χ3v) is 4.84. The van der Waals surface area contributed by atoms with Crippen molar-refractivity contribution >= 4 is 5.91 Å². The van der Waals surface area contributed by atoms with Gasteiger partial charge in [0.2, 0.25) is 5.91 Å². The molecular formula is C20H33N3O. The molecule has 1 aliphatic rings. The van der Waals surface area contributed by atoms with Gasteiger partial charge in [0.05, 0.1) is 6.54 Å². The molecule has 0 spiro atoms. The second-order valence-corrected chi connectivity index (χ2v) is 7.91. The number of amides is 1. The Bertz CT molecular complexity index is 519. The molecule has 0 aliphatic carbocycles. The number of nitrogens with zero attached hydrogens (tertiary/aromatic N) is 1. The molecule has 134 valence electrons. The zero-order chi connectivity index (χ0) is 17.6. The summed E-state index contributed by atoms with van der Waals surface area (Å²) >= 11 is 0. The van der Waals surface area contributed by atoms with Crippen LogP contribution in [0.1, 0.15) is 44.7 Å². The van der Waals surface area contributed by atoms with E-state index in [9.17, 15) is 4.79 Å². The summed E-state index contributed by atoms with van der Waals surface area (Å²) in [5.74, 6) is 0.137. The second-order valence-electron chi connectivity index (χ2n) is 7.91. The standard InChI is InChI=1S/C20H33N3O/c1-20(2,3)17-9-7-16(8-10-17)11-12-22-19(24)15-23-13-5-6-18(14-23)21-4/h7-10,18,21H,5-6,11-15H2,1-4H3,(H,22,24). The summed E-state index contributed by atoms with van der Waals surface area (Å²) in [6, 6.07) is 9.27. The van der Waals surface area contributed by atoms with Gasteiger partial charge in [-0.3, -0.25) is 9.69 Å². The van der Waals surface area contributed by atoms with E-state index in [0.717, 1.165) is 19.5 Å². The van der Waals surface area contributed by atoms with Gasteiger partial charge in [0, 0.05) is 19.1 Å². The average molecular weight is 332 g/mol. The van der Waals surface area contributed by atoms with Crippen LogP contribution in [-0.2, 0) is 16.6 Å². The fourth-order valence-electron chi connectivity index (χ4n) is 3.21. The number of rotatable bonds is 6. The molecule has 1 fully saturated rings. The van der Waals surface area contributed by atoms with Crippen molar-refractivity contribution in [3.63, 3.8) is 0 Å². The molecule has 2 rings (SSSR count). The van der Waals surface area contributed by atoms with Crippen molar-refractivity contribution in [1.29, 1.82) is 0 Å². The highest BCUT2D eigenvalue weighted by Gasteiger charge is 2.20. The maximum Gasteiger partial charge on any atom is 0.234 e. The van der Waals surface area contributed by atoms with Gasteiger partial charge in [-0.1, -0.05) is 45.0 Å². The summed E-state index contributed by atoms with van der Waals surface area (Å²) < 4.78 is 0. The zero-order valence-corrected chi connectivity index (χ0v) is 15.7. The summed E-state index contributed by atoms with van der Waals surface area (Å²) in [6.45, 7) is 9.89. The third-order valence-electron chi connectivity index (χ3n) is 4.84. The Labute approximate surface area is 147 Å². The number of carbonyl (C=O) groups excluding carboxylic acids is 1. The number of hydrogen-bond donors (Lipinski definition) is 2. The van der Waals surface area contributed by atoms with Crippen molar-refractivity contribution in [1.82, 2.24) is 15.5 Å². The Morgan fingerprint density at radius 3 is 2.58 bits per heavy atom. The first-order valence-electron chi connectivity index (χ1n) is 9.14. The molecule has 0 radical (unpaired) electrons. The SMILES string of the molecule is CNC1CCCN(CC(=O)NCCc2ccc(C(C)(C)C)cc2)C1. The molecule has 1 aromatic rings. The molecule has 24 heavy (non-hydrogen) atoms. The quantitative estimate of drug-likeness (QED) is 0.841. The summed E-state index contributed by atoms with van der Waals surface area (Å²) in [5, 5.41) is 6.37. The molecule has 1 amide bonds. The van der Waals surface area contributed by atoms with Gasteiger partial charge >= 0.3 is 0 Å². The molecule has 0 saturated carbocycles. The molecule has 1 saturated heterocycles. The van der Waals surface area contributed by atoms with E-state index in [-0.39, 0.29) is 11.3 Å². The normalized spacial score (nSPS) is 19.2. The zero-order valence-electron chi connectivity index (χ0n) is 15.7. The molecule has 1 heterocycles. The van der Waals surface area contributed by atoms with E-state index >= 15 is 0 Å². The molecule has 1 unspecified atom stereocenters. The molecule has 2 N–H and O–H groups in total. The van der Waals surface area contributed by atoms with Gasteiger partial charge in [-0.15, -0.1) is 0 Å². The Morgan fingerprint density at radius 1 is 1.25 bits per heavy atom. The predicted octanol–water partition coefficient (Wildman–Crippen LogP) is 2.33.